The summed E-state index contributed by atoms with van der Waals surface area (Å²) >= 11 is 0. The number of phenolic OH excluding ortho intramolecular Hbond substituents is 1. The number of fused-ring (bicyclic) bond motifs is 1. The van der Waals surface area contributed by atoms with Crippen LogP contribution in [0.15, 0.2) is 60.8 Å². The van der Waals surface area contributed by atoms with E-state index in [4.69, 9.17) is 0 Å². The number of phenols is 1. The molecule has 3 heterocycles. The number of anilines is 1. The van der Waals surface area contributed by atoms with E-state index in [-0.39, 0.29) is 34.9 Å². The maximum atomic E-state index is 13.0. The van der Waals surface area contributed by atoms with Crippen LogP contribution in [0.4, 0.5) is 14.5 Å². The van der Waals surface area contributed by atoms with Crippen LogP contribution in [0, 0.1) is 6.92 Å². The number of aromatic hydroxyl groups is 1. The van der Waals surface area contributed by atoms with Crippen LogP contribution in [0.5, 0.6) is 5.75 Å². The molecule has 2 amide bonds. The Hall–Kier alpha value is -4.34. The van der Waals surface area contributed by atoms with E-state index < -0.39 is 6.55 Å². The minimum absolute atomic E-state index is 0.0159. The number of alkyl halides is 2. The second-order valence-electron chi connectivity index (χ2n) is 9.07. The van der Waals surface area contributed by atoms with Gasteiger partial charge in [0.1, 0.15) is 11.3 Å². The monoisotopic (exact) mass is 505 g/mol. The Labute approximate surface area is 211 Å². The number of halogens is 2. The summed E-state index contributed by atoms with van der Waals surface area (Å²) in [7, 11) is 0. The first-order valence-corrected chi connectivity index (χ1v) is 11.9. The van der Waals surface area contributed by atoms with Gasteiger partial charge in [-0.1, -0.05) is 24.3 Å². The van der Waals surface area contributed by atoms with Crippen molar-refractivity contribution in [1.82, 2.24) is 19.7 Å². The SMILES string of the molecule is Cc1cc(C(=O)N2CCC(c3ccc(NC(=O)c4ccnc5c(O)cccc45)cc3)CC2)nn1C(F)F. The van der Waals surface area contributed by atoms with Crippen LogP contribution in [0.1, 0.15) is 57.4 Å². The summed E-state index contributed by atoms with van der Waals surface area (Å²) < 4.78 is 26.5. The van der Waals surface area contributed by atoms with E-state index >= 15 is 0 Å². The Morgan fingerprint density at radius 1 is 1.08 bits per heavy atom. The molecule has 2 N–H and O–H groups in total. The van der Waals surface area contributed by atoms with Crippen molar-refractivity contribution in [3.63, 3.8) is 0 Å². The Kier molecular flexibility index (Phi) is 6.56. The molecule has 1 saturated heterocycles. The largest absolute Gasteiger partial charge is 0.506 e. The Balaban J connectivity index is 1.21. The number of para-hydroxylation sites is 1. The smallest absolute Gasteiger partial charge is 0.333 e. The van der Waals surface area contributed by atoms with E-state index in [1.165, 1.54) is 25.3 Å². The van der Waals surface area contributed by atoms with Gasteiger partial charge in [0.05, 0.1) is 5.56 Å². The number of rotatable bonds is 5. The summed E-state index contributed by atoms with van der Waals surface area (Å²) in [4.78, 5) is 31.4. The molecule has 2 aromatic heterocycles. The Bertz CT molecular complexity index is 1460. The first kappa shape index (κ1) is 24.4. The van der Waals surface area contributed by atoms with Gasteiger partial charge in [0.15, 0.2) is 5.69 Å². The highest BCUT2D eigenvalue weighted by molar-refractivity contribution is 6.12. The van der Waals surface area contributed by atoms with Crippen molar-refractivity contribution < 1.29 is 23.5 Å². The van der Waals surface area contributed by atoms with Crippen LogP contribution in [-0.2, 0) is 0 Å². The number of amides is 2. The molecule has 0 unspecified atom stereocenters. The van der Waals surface area contributed by atoms with Crippen LogP contribution in [0.2, 0.25) is 0 Å². The van der Waals surface area contributed by atoms with E-state index in [1.54, 1.807) is 23.1 Å². The van der Waals surface area contributed by atoms with Gasteiger partial charge in [-0.05, 0) is 61.6 Å². The zero-order valence-electron chi connectivity index (χ0n) is 20.1. The van der Waals surface area contributed by atoms with Gasteiger partial charge in [0.25, 0.3) is 11.8 Å². The second-order valence-corrected chi connectivity index (χ2v) is 9.07. The van der Waals surface area contributed by atoms with E-state index in [2.05, 4.69) is 15.4 Å². The van der Waals surface area contributed by atoms with E-state index in [9.17, 15) is 23.5 Å². The van der Waals surface area contributed by atoms with Crippen molar-refractivity contribution in [2.75, 3.05) is 18.4 Å². The van der Waals surface area contributed by atoms with E-state index in [1.807, 2.05) is 24.3 Å². The fourth-order valence-electron chi connectivity index (χ4n) is 4.76. The standard InChI is InChI=1S/C27H25F2N5O3/c1-16-15-22(32-34(16)27(28)29)26(37)33-13-10-18(11-14-33)17-5-7-19(8-6-17)31-25(36)21-9-12-30-24-20(21)3-2-4-23(24)35/h2-9,12,15,18,27,35H,10-11,13-14H2,1H3,(H,31,36). The lowest BCUT2D eigenvalue weighted by Crippen LogP contribution is -2.38. The maximum Gasteiger partial charge on any atom is 0.333 e. The normalized spacial score (nSPS) is 14.3. The van der Waals surface area contributed by atoms with Crippen molar-refractivity contribution in [2.24, 2.45) is 0 Å². The summed E-state index contributed by atoms with van der Waals surface area (Å²) in [5.74, 6) is -0.387. The lowest BCUT2D eigenvalue weighted by atomic mass is 9.89. The molecule has 8 nitrogen and oxygen atoms in total. The van der Waals surface area contributed by atoms with Gasteiger partial charge in [0, 0.05) is 36.1 Å². The molecule has 0 bridgehead atoms. The summed E-state index contributed by atoms with van der Waals surface area (Å²) in [6.45, 7) is -0.273. The summed E-state index contributed by atoms with van der Waals surface area (Å²) in [5, 5.41) is 17.2. The molecule has 10 heteroatoms. The topological polar surface area (TPSA) is 100 Å². The number of aromatic nitrogens is 3. The van der Waals surface area contributed by atoms with Crippen molar-refractivity contribution in [1.29, 1.82) is 0 Å². The molecule has 0 saturated carbocycles. The van der Waals surface area contributed by atoms with E-state index in [0.29, 0.717) is 39.9 Å². The van der Waals surface area contributed by atoms with Crippen LogP contribution < -0.4 is 5.32 Å². The van der Waals surface area contributed by atoms with Crippen LogP contribution in [0.25, 0.3) is 10.9 Å². The lowest BCUT2D eigenvalue weighted by molar-refractivity contribution is 0.0528. The lowest BCUT2D eigenvalue weighted by Gasteiger charge is -2.32. The third-order valence-electron chi connectivity index (χ3n) is 6.74. The van der Waals surface area contributed by atoms with Crippen molar-refractivity contribution in [3.05, 3.63) is 83.3 Å². The molecule has 1 aliphatic heterocycles. The highest BCUT2D eigenvalue weighted by Gasteiger charge is 2.27. The van der Waals surface area contributed by atoms with E-state index in [0.717, 1.165) is 18.4 Å². The van der Waals surface area contributed by atoms with Crippen LogP contribution in [0.3, 0.4) is 0 Å². The first-order chi connectivity index (χ1) is 17.8. The van der Waals surface area contributed by atoms with Crippen molar-refractivity contribution >= 4 is 28.4 Å². The molecular weight excluding hydrogens is 480 g/mol. The molecule has 1 fully saturated rings. The Morgan fingerprint density at radius 3 is 2.49 bits per heavy atom. The molecule has 0 spiro atoms. The van der Waals surface area contributed by atoms with Gasteiger partial charge in [-0.25, -0.2) is 4.68 Å². The number of carbonyl (C=O) groups is 2. The van der Waals surface area contributed by atoms with Gasteiger partial charge in [0.2, 0.25) is 0 Å². The van der Waals surface area contributed by atoms with Gasteiger partial charge in [-0.2, -0.15) is 13.9 Å². The quantitative estimate of drug-likeness (QED) is 0.393. The summed E-state index contributed by atoms with van der Waals surface area (Å²) in [6.07, 6.45) is 2.96. The third kappa shape index (κ3) is 4.87. The molecule has 0 radical (unpaired) electrons. The van der Waals surface area contributed by atoms with Gasteiger partial charge >= 0.3 is 6.55 Å². The Morgan fingerprint density at radius 2 is 1.81 bits per heavy atom. The third-order valence-corrected chi connectivity index (χ3v) is 6.74. The molecule has 0 atom stereocenters. The predicted octanol–water partition coefficient (Wildman–Crippen LogP) is 5.11. The first-order valence-electron chi connectivity index (χ1n) is 11.9. The number of aryl methyl sites for hydroxylation is 1. The summed E-state index contributed by atoms with van der Waals surface area (Å²) in [6, 6.07) is 15.5. The number of nitrogens with zero attached hydrogens (tertiary/aromatic N) is 4. The maximum absolute atomic E-state index is 13.0. The molecule has 5 rings (SSSR count). The van der Waals surface area contributed by atoms with Gasteiger partial charge in [-0.15, -0.1) is 0 Å². The number of benzene rings is 2. The number of pyridine rings is 1. The number of likely N-dealkylation sites (tertiary alicyclic amines) is 1. The van der Waals surface area contributed by atoms with Crippen molar-refractivity contribution in [3.8, 4) is 5.75 Å². The molecule has 0 aliphatic carbocycles. The minimum atomic E-state index is -2.78. The molecule has 190 valence electrons. The number of carbonyl (C=O) groups excluding carboxylic acids is 2. The average Bonchev–Trinajstić information content (AvgIpc) is 3.30. The fourth-order valence-corrected chi connectivity index (χ4v) is 4.76. The predicted molar refractivity (Wildman–Crippen MR) is 134 cm³/mol. The number of piperidine rings is 1. The highest BCUT2D eigenvalue weighted by atomic mass is 19.3. The molecule has 37 heavy (non-hydrogen) atoms. The average molecular weight is 506 g/mol. The zero-order chi connectivity index (χ0) is 26.1. The number of hydrogen-bond donors (Lipinski definition) is 2. The van der Waals surface area contributed by atoms with Crippen LogP contribution >= 0.6 is 0 Å². The minimum Gasteiger partial charge on any atom is -0.506 e. The summed E-state index contributed by atoms with van der Waals surface area (Å²) in [5.41, 5.74) is 2.80. The fraction of sp³-hybridized carbons (Fsp3) is 0.259. The molecule has 2 aromatic carbocycles. The zero-order valence-corrected chi connectivity index (χ0v) is 20.1. The van der Waals surface area contributed by atoms with Crippen molar-refractivity contribution in [2.45, 2.75) is 32.2 Å². The highest BCUT2D eigenvalue weighted by Crippen LogP contribution is 2.30. The molecule has 1 aliphatic rings. The van der Waals surface area contributed by atoms with Gasteiger partial charge < -0.3 is 15.3 Å². The van der Waals surface area contributed by atoms with Crippen LogP contribution in [-0.4, -0.2) is 49.7 Å². The second kappa shape index (κ2) is 9.96. The number of hydrogen-bond acceptors (Lipinski definition) is 5. The molecular formula is C27H25F2N5O3. The number of nitrogens with one attached hydrogen (secondary N) is 1. The van der Waals surface area contributed by atoms with Gasteiger partial charge in [-0.3, -0.25) is 14.6 Å². The molecule has 4 aromatic rings.